The average molecular weight is 486 g/mol. The van der Waals surface area contributed by atoms with E-state index in [2.05, 4.69) is 0 Å². The molecule has 0 aromatic heterocycles. The maximum absolute atomic E-state index is 13.0. The number of rotatable bonds is 6. The molecule has 1 amide bonds. The Morgan fingerprint density at radius 2 is 1.52 bits per heavy atom. The molecule has 0 spiro atoms. The molecule has 3 nitrogen and oxygen atoms in total. The first-order valence-electron chi connectivity index (χ1n) is 8.67. The summed E-state index contributed by atoms with van der Waals surface area (Å²) in [5.41, 5.74) is -3.43. The molecule has 1 atom stereocenters. The van der Waals surface area contributed by atoms with Crippen molar-refractivity contribution in [3.05, 3.63) is 68.7 Å². The standard InChI is InChI=1S/C20H15Cl2F6NO2/c1-29(10-12(4-5-30)11-2-3-16(21)17(22)8-11)18(31)13-6-14(19(23,24)25)9-15(7-13)20(26,27)28/h2-3,5-9,12H,4,10H2,1H3. The fourth-order valence-electron chi connectivity index (χ4n) is 2.91. The predicted molar refractivity (Wildman–Crippen MR) is 103 cm³/mol. The third kappa shape index (κ3) is 6.36. The van der Waals surface area contributed by atoms with Crippen molar-refractivity contribution in [1.29, 1.82) is 0 Å². The monoisotopic (exact) mass is 485 g/mol. The lowest BCUT2D eigenvalue weighted by atomic mass is 9.95. The molecule has 168 valence electrons. The Labute approximate surface area is 183 Å². The maximum Gasteiger partial charge on any atom is 0.416 e. The maximum atomic E-state index is 13.0. The number of carbonyl (C=O) groups is 2. The van der Waals surface area contributed by atoms with Gasteiger partial charge < -0.3 is 9.69 Å². The minimum atomic E-state index is -5.07. The van der Waals surface area contributed by atoms with Gasteiger partial charge in [0.2, 0.25) is 0 Å². The summed E-state index contributed by atoms with van der Waals surface area (Å²) >= 11 is 11.8. The summed E-state index contributed by atoms with van der Waals surface area (Å²) in [7, 11) is 1.21. The first-order chi connectivity index (χ1) is 14.2. The van der Waals surface area contributed by atoms with Gasteiger partial charge in [0.15, 0.2) is 0 Å². The largest absolute Gasteiger partial charge is 0.416 e. The second kappa shape index (κ2) is 9.48. The Balaban J connectivity index is 2.38. The number of halogens is 8. The Bertz CT molecular complexity index is 943. The van der Waals surface area contributed by atoms with Crippen molar-refractivity contribution < 1.29 is 35.9 Å². The quantitative estimate of drug-likeness (QED) is 0.347. The van der Waals surface area contributed by atoms with Crippen LogP contribution in [0.5, 0.6) is 0 Å². The van der Waals surface area contributed by atoms with Gasteiger partial charge in [-0.2, -0.15) is 26.3 Å². The van der Waals surface area contributed by atoms with E-state index in [1.54, 1.807) is 6.07 Å². The van der Waals surface area contributed by atoms with E-state index in [0.717, 1.165) is 4.90 Å². The number of hydrogen-bond acceptors (Lipinski definition) is 2. The van der Waals surface area contributed by atoms with Crippen LogP contribution in [0.2, 0.25) is 10.0 Å². The highest BCUT2D eigenvalue weighted by Crippen LogP contribution is 2.36. The number of amides is 1. The van der Waals surface area contributed by atoms with Crippen LogP contribution >= 0.6 is 23.2 Å². The first kappa shape index (κ1) is 25.0. The van der Waals surface area contributed by atoms with Gasteiger partial charge in [-0.05, 0) is 35.9 Å². The molecule has 0 aliphatic rings. The molecule has 31 heavy (non-hydrogen) atoms. The SMILES string of the molecule is CN(CC(CC=O)c1ccc(Cl)c(Cl)c1)C(=O)c1cc(C(F)(F)F)cc(C(F)(F)F)c1. The molecule has 11 heteroatoms. The van der Waals surface area contributed by atoms with Gasteiger partial charge >= 0.3 is 12.4 Å². The summed E-state index contributed by atoms with van der Waals surface area (Å²) in [5.74, 6) is -1.67. The Kier molecular flexibility index (Phi) is 7.65. The van der Waals surface area contributed by atoms with Crippen LogP contribution in [-0.4, -0.2) is 30.7 Å². The third-order valence-electron chi connectivity index (χ3n) is 4.47. The van der Waals surface area contributed by atoms with E-state index in [-0.39, 0.29) is 29.1 Å². The fourth-order valence-corrected chi connectivity index (χ4v) is 3.22. The van der Waals surface area contributed by atoms with Crippen molar-refractivity contribution in [2.45, 2.75) is 24.7 Å². The average Bonchev–Trinajstić information content (AvgIpc) is 2.67. The summed E-state index contributed by atoms with van der Waals surface area (Å²) in [6.45, 7) is -0.160. The zero-order valence-corrected chi connectivity index (χ0v) is 17.3. The second-order valence-electron chi connectivity index (χ2n) is 6.75. The van der Waals surface area contributed by atoms with Crippen LogP contribution in [0.3, 0.4) is 0 Å². The topological polar surface area (TPSA) is 37.4 Å². The van der Waals surface area contributed by atoms with E-state index in [1.807, 2.05) is 0 Å². The number of likely N-dealkylation sites (N-methyl/N-ethyl adjacent to an activating group) is 1. The lowest BCUT2D eigenvalue weighted by Gasteiger charge is -2.24. The molecule has 2 rings (SSSR count). The minimum Gasteiger partial charge on any atom is -0.341 e. The molecular formula is C20H15Cl2F6NO2. The van der Waals surface area contributed by atoms with Crippen molar-refractivity contribution in [3.8, 4) is 0 Å². The van der Waals surface area contributed by atoms with Crippen molar-refractivity contribution in [1.82, 2.24) is 4.90 Å². The molecule has 1 unspecified atom stereocenters. The highest BCUT2D eigenvalue weighted by molar-refractivity contribution is 6.42. The van der Waals surface area contributed by atoms with E-state index >= 15 is 0 Å². The molecule has 0 heterocycles. The summed E-state index contributed by atoms with van der Waals surface area (Å²) < 4.78 is 78.3. The van der Waals surface area contributed by atoms with Gasteiger partial charge in [0.1, 0.15) is 6.29 Å². The molecule has 0 saturated heterocycles. The molecule has 0 radical (unpaired) electrons. The lowest BCUT2D eigenvalue weighted by Crippen LogP contribution is -2.32. The molecule has 2 aromatic rings. The highest BCUT2D eigenvalue weighted by atomic mass is 35.5. The third-order valence-corrected chi connectivity index (χ3v) is 5.21. The second-order valence-corrected chi connectivity index (χ2v) is 7.57. The smallest absolute Gasteiger partial charge is 0.341 e. The Morgan fingerprint density at radius 1 is 0.968 bits per heavy atom. The van der Waals surface area contributed by atoms with E-state index < -0.39 is 40.9 Å². The zero-order chi connectivity index (χ0) is 23.6. The summed E-state index contributed by atoms with van der Waals surface area (Å²) in [5, 5.41) is 0.445. The van der Waals surface area contributed by atoms with E-state index in [9.17, 15) is 35.9 Å². The normalized spacial score (nSPS) is 13.1. The van der Waals surface area contributed by atoms with E-state index in [0.29, 0.717) is 24.0 Å². The lowest BCUT2D eigenvalue weighted by molar-refractivity contribution is -0.143. The van der Waals surface area contributed by atoms with Crippen LogP contribution in [-0.2, 0) is 17.1 Å². The summed E-state index contributed by atoms with van der Waals surface area (Å²) in [6, 6.07) is 5.18. The predicted octanol–water partition coefficient (Wildman–Crippen LogP) is 6.48. The van der Waals surface area contributed by atoms with Crippen molar-refractivity contribution in [3.63, 3.8) is 0 Å². The number of benzene rings is 2. The van der Waals surface area contributed by atoms with Crippen LogP contribution < -0.4 is 0 Å². The van der Waals surface area contributed by atoms with Crippen LogP contribution in [0.25, 0.3) is 0 Å². The van der Waals surface area contributed by atoms with Gasteiger partial charge in [-0.3, -0.25) is 4.79 Å². The van der Waals surface area contributed by atoms with Crippen molar-refractivity contribution in [2.24, 2.45) is 0 Å². The van der Waals surface area contributed by atoms with Gasteiger partial charge in [-0.1, -0.05) is 29.3 Å². The highest BCUT2D eigenvalue weighted by Gasteiger charge is 2.37. The molecule has 0 saturated carbocycles. The van der Waals surface area contributed by atoms with Crippen LogP contribution in [0, 0.1) is 0 Å². The van der Waals surface area contributed by atoms with Gasteiger partial charge in [0.25, 0.3) is 5.91 Å². The number of aldehydes is 1. The Morgan fingerprint density at radius 3 is 1.97 bits per heavy atom. The molecule has 0 fully saturated rings. The molecular weight excluding hydrogens is 471 g/mol. The molecule has 2 aromatic carbocycles. The molecule has 0 aliphatic heterocycles. The minimum absolute atomic E-state index is 0.0539. The van der Waals surface area contributed by atoms with Gasteiger partial charge in [0.05, 0.1) is 21.2 Å². The van der Waals surface area contributed by atoms with Crippen LogP contribution in [0.1, 0.15) is 39.4 Å². The van der Waals surface area contributed by atoms with Gasteiger partial charge in [0, 0.05) is 31.5 Å². The zero-order valence-electron chi connectivity index (χ0n) is 15.8. The summed E-state index contributed by atoms with van der Waals surface area (Å²) in [4.78, 5) is 24.7. The number of nitrogens with zero attached hydrogens (tertiary/aromatic N) is 1. The molecule has 0 bridgehead atoms. The fraction of sp³-hybridized carbons (Fsp3) is 0.300. The summed E-state index contributed by atoms with van der Waals surface area (Å²) in [6.07, 6.45) is -9.63. The molecule has 0 N–H and O–H groups in total. The van der Waals surface area contributed by atoms with Gasteiger partial charge in [-0.25, -0.2) is 0 Å². The van der Waals surface area contributed by atoms with E-state index in [4.69, 9.17) is 23.2 Å². The van der Waals surface area contributed by atoms with Crippen molar-refractivity contribution in [2.75, 3.05) is 13.6 Å². The first-order valence-corrected chi connectivity index (χ1v) is 9.43. The molecule has 0 aliphatic carbocycles. The number of hydrogen-bond donors (Lipinski definition) is 0. The number of alkyl halides is 6. The van der Waals surface area contributed by atoms with Crippen molar-refractivity contribution >= 4 is 35.4 Å². The Hall–Kier alpha value is -2.26. The van der Waals surface area contributed by atoms with Gasteiger partial charge in [-0.15, -0.1) is 0 Å². The van der Waals surface area contributed by atoms with Crippen LogP contribution in [0.4, 0.5) is 26.3 Å². The number of carbonyl (C=O) groups excluding carboxylic acids is 2. The van der Waals surface area contributed by atoms with Crippen LogP contribution in [0.15, 0.2) is 36.4 Å². The van der Waals surface area contributed by atoms with E-state index in [1.165, 1.54) is 19.2 Å².